The molecule has 5 nitrogen and oxygen atoms in total. The van der Waals surface area contributed by atoms with Crippen molar-refractivity contribution in [2.24, 2.45) is 0 Å². The number of nitrogens with zero attached hydrogens (tertiary/aromatic N) is 1. The van der Waals surface area contributed by atoms with Crippen LogP contribution in [0, 0.1) is 3.57 Å². The Bertz CT molecular complexity index is 1110. The minimum atomic E-state index is -0.748. The summed E-state index contributed by atoms with van der Waals surface area (Å²) < 4.78 is 6.81. The van der Waals surface area contributed by atoms with E-state index in [-0.39, 0.29) is 25.0 Å². The van der Waals surface area contributed by atoms with E-state index in [9.17, 15) is 9.59 Å². The summed E-state index contributed by atoms with van der Waals surface area (Å²) >= 11 is 14.7. The molecular formula is C26H25Cl2IN2O3. The van der Waals surface area contributed by atoms with E-state index >= 15 is 0 Å². The summed E-state index contributed by atoms with van der Waals surface area (Å²) in [6.07, 6.45) is 0.354. The van der Waals surface area contributed by atoms with Gasteiger partial charge in [-0.15, -0.1) is 0 Å². The van der Waals surface area contributed by atoms with E-state index in [0.29, 0.717) is 34.3 Å². The maximum absolute atomic E-state index is 13.5. The van der Waals surface area contributed by atoms with E-state index in [1.807, 2.05) is 49.4 Å². The second-order valence-electron chi connectivity index (χ2n) is 7.60. The Balaban J connectivity index is 1.91. The average molecular weight is 611 g/mol. The lowest BCUT2D eigenvalue weighted by atomic mass is 10.0. The van der Waals surface area contributed by atoms with Gasteiger partial charge in [0, 0.05) is 33.1 Å². The summed E-state index contributed by atoms with van der Waals surface area (Å²) in [5.41, 5.74) is 1.63. The molecule has 0 aliphatic carbocycles. The van der Waals surface area contributed by atoms with Crippen LogP contribution in [0.1, 0.15) is 18.1 Å². The Labute approximate surface area is 223 Å². The molecule has 8 heteroatoms. The van der Waals surface area contributed by atoms with Crippen LogP contribution in [-0.4, -0.2) is 35.9 Å². The topological polar surface area (TPSA) is 58.6 Å². The van der Waals surface area contributed by atoms with Gasteiger partial charge in [0.15, 0.2) is 6.61 Å². The third kappa shape index (κ3) is 7.61. The van der Waals surface area contributed by atoms with E-state index in [1.165, 1.54) is 4.90 Å². The molecule has 0 fully saturated rings. The Hall–Kier alpha value is -2.29. The second kappa shape index (κ2) is 13.0. The summed E-state index contributed by atoms with van der Waals surface area (Å²) in [6.45, 7) is 2.22. The zero-order chi connectivity index (χ0) is 24.5. The molecule has 0 saturated heterocycles. The predicted molar refractivity (Wildman–Crippen MR) is 144 cm³/mol. The maximum Gasteiger partial charge on any atom is 0.261 e. The minimum absolute atomic E-state index is 0.138. The first-order chi connectivity index (χ1) is 16.4. The molecule has 0 radical (unpaired) electrons. The van der Waals surface area contributed by atoms with Crippen molar-refractivity contribution in [2.45, 2.75) is 25.9 Å². The molecule has 3 rings (SSSR count). The van der Waals surface area contributed by atoms with Crippen LogP contribution in [-0.2, 0) is 22.6 Å². The maximum atomic E-state index is 13.5. The van der Waals surface area contributed by atoms with E-state index < -0.39 is 6.04 Å². The number of rotatable bonds is 10. The standard InChI is InChI=1S/C26H25Cl2IN2O3/c1-2-30-26(33)24(14-18-6-4-3-5-7-18)31(16-19-8-9-20(27)15-23(19)28)25(32)17-34-22-12-10-21(29)11-13-22/h3-13,15,24H,2,14,16-17H2,1H3,(H,30,33)/t24-/m1/s1. The fourth-order valence-electron chi connectivity index (χ4n) is 3.44. The van der Waals surface area contributed by atoms with Gasteiger partial charge in [0.25, 0.3) is 5.91 Å². The minimum Gasteiger partial charge on any atom is -0.484 e. The largest absolute Gasteiger partial charge is 0.484 e. The number of nitrogens with one attached hydrogen (secondary N) is 1. The van der Waals surface area contributed by atoms with Crippen molar-refractivity contribution in [1.82, 2.24) is 10.2 Å². The summed E-state index contributed by atoms with van der Waals surface area (Å²) in [5, 5.41) is 3.79. The SMILES string of the molecule is CCNC(=O)[C@@H](Cc1ccccc1)N(Cc1ccc(Cl)cc1Cl)C(=O)COc1ccc(I)cc1. The van der Waals surface area contributed by atoms with Crippen LogP contribution >= 0.6 is 45.8 Å². The number of benzene rings is 3. The number of carbonyl (C=O) groups excluding carboxylic acids is 2. The number of amides is 2. The molecular weight excluding hydrogens is 586 g/mol. The lowest BCUT2D eigenvalue weighted by molar-refractivity contribution is -0.142. The van der Waals surface area contributed by atoms with E-state index in [2.05, 4.69) is 27.9 Å². The van der Waals surface area contributed by atoms with Gasteiger partial charge in [0.1, 0.15) is 11.8 Å². The van der Waals surface area contributed by atoms with Crippen LogP contribution in [0.5, 0.6) is 5.75 Å². The Morgan fingerprint density at radius 1 is 1.03 bits per heavy atom. The zero-order valence-electron chi connectivity index (χ0n) is 18.6. The zero-order valence-corrected chi connectivity index (χ0v) is 22.3. The molecule has 0 aliphatic rings. The van der Waals surface area contributed by atoms with Crippen molar-refractivity contribution >= 4 is 57.6 Å². The number of ether oxygens (including phenoxy) is 1. The molecule has 0 unspecified atom stereocenters. The van der Waals surface area contributed by atoms with Crippen LogP contribution in [0.2, 0.25) is 10.0 Å². The molecule has 0 aliphatic heterocycles. The number of halogens is 3. The summed E-state index contributed by atoms with van der Waals surface area (Å²) in [7, 11) is 0. The molecule has 3 aromatic rings. The molecule has 0 spiro atoms. The molecule has 3 aromatic carbocycles. The van der Waals surface area contributed by atoms with Gasteiger partial charge in [-0.1, -0.05) is 59.6 Å². The van der Waals surface area contributed by atoms with Gasteiger partial charge in [-0.25, -0.2) is 0 Å². The summed E-state index contributed by atoms with van der Waals surface area (Å²) in [6, 6.07) is 21.4. The van der Waals surface area contributed by atoms with Gasteiger partial charge in [0.2, 0.25) is 5.91 Å². The summed E-state index contributed by atoms with van der Waals surface area (Å²) in [4.78, 5) is 28.1. The number of likely N-dealkylation sites (N-methyl/N-ethyl adjacent to an activating group) is 1. The predicted octanol–water partition coefficient (Wildman–Crippen LogP) is 5.75. The fourth-order valence-corrected chi connectivity index (χ4v) is 4.27. The molecule has 0 bridgehead atoms. The van der Waals surface area contributed by atoms with E-state index in [0.717, 1.165) is 9.13 Å². The Kier molecular flexibility index (Phi) is 10.0. The van der Waals surface area contributed by atoms with Gasteiger partial charge in [-0.05, 0) is 77.0 Å². The average Bonchev–Trinajstić information content (AvgIpc) is 2.82. The first kappa shape index (κ1) is 26.3. The van der Waals surface area contributed by atoms with Crippen molar-refractivity contribution in [1.29, 1.82) is 0 Å². The first-order valence-electron chi connectivity index (χ1n) is 10.8. The number of hydrogen-bond donors (Lipinski definition) is 1. The van der Waals surface area contributed by atoms with Crippen molar-refractivity contribution in [2.75, 3.05) is 13.2 Å². The smallest absolute Gasteiger partial charge is 0.261 e. The quantitative estimate of drug-likeness (QED) is 0.297. The highest BCUT2D eigenvalue weighted by Gasteiger charge is 2.31. The highest BCUT2D eigenvalue weighted by molar-refractivity contribution is 14.1. The van der Waals surface area contributed by atoms with E-state index in [1.54, 1.807) is 30.3 Å². The van der Waals surface area contributed by atoms with Crippen molar-refractivity contribution in [3.05, 3.63) is 97.5 Å². The summed E-state index contributed by atoms with van der Waals surface area (Å²) in [5.74, 6) is 0.0201. The number of hydrogen-bond acceptors (Lipinski definition) is 3. The van der Waals surface area contributed by atoms with Gasteiger partial charge in [-0.2, -0.15) is 0 Å². The molecule has 1 atom stereocenters. The van der Waals surface area contributed by atoms with Crippen molar-refractivity contribution in [3.8, 4) is 5.75 Å². The molecule has 2 amide bonds. The third-order valence-corrected chi connectivity index (χ3v) is 6.46. The molecule has 1 N–H and O–H groups in total. The van der Waals surface area contributed by atoms with Crippen LogP contribution in [0.3, 0.4) is 0 Å². The lowest BCUT2D eigenvalue weighted by Gasteiger charge is -2.31. The van der Waals surface area contributed by atoms with Gasteiger partial charge < -0.3 is 15.0 Å². The van der Waals surface area contributed by atoms with Gasteiger partial charge in [-0.3, -0.25) is 9.59 Å². The molecule has 34 heavy (non-hydrogen) atoms. The molecule has 0 aromatic heterocycles. The van der Waals surface area contributed by atoms with Crippen molar-refractivity contribution < 1.29 is 14.3 Å². The highest BCUT2D eigenvalue weighted by Crippen LogP contribution is 2.24. The second-order valence-corrected chi connectivity index (χ2v) is 9.69. The fraction of sp³-hybridized carbons (Fsp3) is 0.231. The molecule has 178 valence electrons. The lowest BCUT2D eigenvalue weighted by Crippen LogP contribution is -2.51. The highest BCUT2D eigenvalue weighted by atomic mass is 127. The van der Waals surface area contributed by atoms with Crippen LogP contribution in [0.25, 0.3) is 0 Å². The number of carbonyl (C=O) groups is 2. The van der Waals surface area contributed by atoms with Crippen LogP contribution < -0.4 is 10.1 Å². The Morgan fingerprint density at radius 2 is 1.74 bits per heavy atom. The van der Waals surface area contributed by atoms with Gasteiger partial charge in [0.05, 0.1) is 0 Å². The molecule has 0 heterocycles. The third-order valence-electron chi connectivity index (χ3n) is 5.15. The monoisotopic (exact) mass is 610 g/mol. The Morgan fingerprint density at radius 3 is 2.38 bits per heavy atom. The van der Waals surface area contributed by atoms with Crippen LogP contribution in [0.15, 0.2) is 72.8 Å². The molecule has 0 saturated carbocycles. The van der Waals surface area contributed by atoms with Crippen molar-refractivity contribution in [3.63, 3.8) is 0 Å². The van der Waals surface area contributed by atoms with Crippen LogP contribution in [0.4, 0.5) is 0 Å². The van der Waals surface area contributed by atoms with Gasteiger partial charge >= 0.3 is 0 Å². The normalized spacial score (nSPS) is 11.5. The first-order valence-corrected chi connectivity index (χ1v) is 12.6. The van der Waals surface area contributed by atoms with E-state index in [4.69, 9.17) is 27.9 Å².